The first-order valence-electron chi connectivity index (χ1n) is 8.87. The first-order chi connectivity index (χ1) is 13.1. The van der Waals surface area contributed by atoms with Gasteiger partial charge in [-0.15, -0.1) is 0 Å². The minimum absolute atomic E-state index is 0.0199. The maximum Gasteiger partial charge on any atom is 0.336 e. The van der Waals surface area contributed by atoms with Crippen LogP contribution >= 0.6 is 0 Å². The van der Waals surface area contributed by atoms with Crippen LogP contribution in [-0.4, -0.2) is 15.3 Å². The van der Waals surface area contributed by atoms with Gasteiger partial charge in [-0.2, -0.15) is 0 Å². The molecule has 4 aromatic rings. The molecule has 0 unspecified atom stereocenters. The summed E-state index contributed by atoms with van der Waals surface area (Å²) in [4.78, 5) is 28.8. The van der Waals surface area contributed by atoms with E-state index >= 15 is 0 Å². The van der Waals surface area contributed by atoms with E-state index in [1.807, 2.05) is 53.9 Å². The third-order valence-electron chi connectivity index (χ3n) is 5.19. The van der Waals surface area contributed by atoms with Crippen LogP contribution in [-0.2, 0) is 11.3 Å². The average Bonchev–Trinajstić information content (AvgIpc) is 2.93. The van der Waals surface area contributed by atoms with Crippen molar-refractivity contribution in [2.75, 3.05) is 0 Å². The van der Waals surface area contributed by atoms with Crippen molar-refractivity contribution in [3.05, 3.63) is 81.6 Å². The number of aryl methyl sites for hydroxylation is 1. The van der Waals surface area contributed by atoms with Crippen molar-refractivity contribution < 1.29 is 9.21 Å². The number of fused-ring (bicyclic) bond motifs is 4. The number of hydrogen-bond donors (Lipinski definition) is 1. The third-order valence-corrected chi connectivity index (χ3v) is 5.19. The zero-order valence-electron chi connectivity index (χ0n) is 14.7. The summed E-state index contributed by atoms with van der Waals surface area (Å²) in [6.07, 6.45) is 2.28. The van der Waals surface area contributed by atoms with E-state index in [4.69, 9.17) is 4.42 Å². The van der Waals surface area contributed by atoms with E-state index in [2.05, 4.69) is 10.3 Å². The molecule has 0 saturated heterocycles. The monoisotopic (exact) mass is 359 g/mol. The van der Waals surface area contributed by atoms with Gasteiger partial charge in [0.05, 0.1) is 17.9 Å². The minimum atomic E-state index is -0.369. The van der Waals surface area contributed by atoms with Gasteiger partial charge in [0.2, 0.25) is 5.91 Å². The first-order valence-corrected chi connectivity index (χ1v) is 8.87. The van der Waals surface area contributed by atoms with Crippen molar-refractivity contribution in [3.8, 4) is 0 Å². The summed E-state index contributed by atoms with van der Waals surface area (Å²) >= 11 is 0. The molecule has 6 nitrogen and oxygen atoms in total. The van der Waals surface area contributed by atoms with Crippen LogP contribution in [0, 0.1) is 6.92 Å². The van der Waals surface area contributed by atoms with E-state index in [-0.39, 0.29) is 17.5 Å². The quantitative estimate of drug-likeness (QED) is 0.530. The fourth-order valence-corrected chi connectivity index (χ4v) is 3.93. The number of nitrogens with zero attached hydrogens (tertiary/aromatic N) is 2. The van der Waals surface area contributed by atoms with Crippen LogP contribution in [0.15, 0.2) is 57.9 Å². The summed E-state index contributed by atoms with van der Waals surface area (Å²) in [7, 11) is 0. The molecule has 0 aliphatic carbocycles. The van der Waals surface area contributed by atoms with Gasteiger partial charge in [0.25, 0.3) is 0 Å². The van der Waals surface area contributed by atoms with Crippen LogP contribution in [0.5, 0.6) is 0 Å². The van der Waals surface area contributed by atoms with E-state index < -0.39 is 0 Å². The van der Waals surface area contributed by atoms with Crippen LogP contribution < -0.4 is 10.9 Å². The van der Waals surface area contributed by atoms with Gasteiger partial charge < -0.3 is 14.1 Å². The Morgan fingerprint density at radius 1 is 1.19 bits per heavy atom. The highest BCUT2D eigenvalue weighted by Gasteiger charge is 2.29. The van der Waals surface area contributed by atoms with Crippen LogP contribution in [0.4, 0.5) is 0 Å². The molecule has 1 aliphatic heterocycles. The molecule has 6 heteroatoms. The fourth-order valence-electron chi connectivity index (χ4n) is 3.93. The van der Waals surface area contributed by atoms with Gasteiger partial charge >= 0.3 is 5.63 Å². The molecular weight excluding hydrogens is 342 g/mol. The molecule has 1 N–H and O–H groups in total. The number of carbonyl (C=O) groups is 1. The predicted molar refractivity (Wildman–Crippen MR) is 101 cm³/mol. The summed E-state index contributed by atoms with van der Waals surface area (Å²) in [6.45, 7) is 2.30. The Morgan fingerprint density at radius 3 is 2.96 bits per heavy atom. The Bertz CT molecular complexity index is 1270. The standard InChI is InChI=1S/C21H17N3O3/c1-12-8-20(26)27-17-9-13(5-6-14(12)17)15-10-19(25)22-11-16-21(15)24-7-3-2-4-18(24)23-16/h2-9,15H,10-11H2,1H3,(H,22,25)/t15-/m0/s1. The molecule has 0 fully saturated rings. The van der Waals surface area contributed by atoms with Crippen LogP contribution in [0.3, 0.4) is 0 Å². The molecule has 4 heterocycles. The number of benzene rings is 1. The van der Waals surface area contributed by atoms with Gasteiger partial charge in [-0.25, -0.2) is 9.78 Å². The number of amides is 1. The van der Waals surface area contributed by atoms with Crippen LogP contribution in [0.1, 0.15) is 34.9 Å². The van der Waals surface area contributed by atoms with Gasteiger partial charge in [0.15, 0.2) is 0 Å². The van der Waals surface area contributed by atoms with E-state index in [1.165, 1.54) is 6.07 Å². The van der Waals surface area contributed by atoms with Crippen molar-refractivity contribution in [2.45, 2.75) is 25.8 Å². The average molecular weight is 359 g/mol. The molecule has 1 amide bonds. The largest absolute Gasteiger partial charge is 0.423 e. The van der Waals surface area contributed by atoms with Gasteiger partial charge in [-0.05, 0) is 36.2 Å². The highest BCUT2D eigenvalue weighted by atomic mass is 16.4. The second-order valence-electron chi connectivity index (χ2n) is 6.91. The smallest absolute Gasteiger partial charge is 0.336 e. The Kier molecular flexibility index (Phi) is 3.40. The van der Waals surface area contributed by atoms with Crippen molar-refractivity contribution in [2.24, 2.45) is 0 Å². The number of nitrogens with one attached hydrogen (secondary N) is 1. The summed E-state index contributed by atoms with van der Waals surface area (Å²) in [5, 5.41) is 3.83. The molecule has 27 heavy (non-hydrogen) atoms. The Labute approximate surface area is 154 Å². The number of carbonyl (C=O) groups excluding carboxylic acids is 1. The fraction of sp³-hybridized carbons (Fsp3) is 0.190. The lowest BCUT2D eigenvalue weighted by atomic mass is 9.90. The van der Waals surface area contributed by atoms with Crippen LogP contribution in [0.2, 0.25) is 0 Å². The molecule has 1 aromatic carbocycles. The Morgan fingerprint density at radius 2 is 2.07 bits per heavy atom. The zero-order chi connectivity index (χ0) is 18.5. The molecule has 0 bridgehead atoms. The molecule has 0 radical (unpaired) electrons. The summed E-state index contributed by atoms with van der Waals surface area (Å²) in [5.74, 6) is -0.191. The van der Waals surface area contributed by atoms with Crippen molar-refractivity contribution in [1.29, 1.82) is 0 Å². The summed E-state index contributed by atoms with van der Waals surface area (Å²) in [6, 6.07) is 13.2. The minimum Gasteiger partial charge on any atom is -0.423 e. The second kappa shape index (κ2) is 5.81. The SMILES string of the molecule is Cc1cc(=O)oc2cc([C@@H]3CC(=O)NCc4nc5ccccn5c43)ccc12. The van der Waals surface area contributed by atoms with Crippen molar-refractivity contribution in [3.63, 3.8) is 0 Å². The summed E-state index contributed by atoms with van der Waals surface area (Å²) < 4.78 is 7.45. The van der Waals surface area contributed by atoms with E-state index in [0.29, 0.717) is 18.5 Å². The predicted octanol–water partition coefficient (Wildman–Crippen LogP) is 2.90. The third kappa shape index (κ3) is 2.52. The molecule has 0 spiro atoms. The van der Waals surface area contributed by atoms with Crippen LogP contribution in [0.25, 0.3) is 16.6 Å². The maximum absolute atomic E-state index is 12.3. The molecule has 5 rings (SSSR count). The Hall–Kier alpha value is -3.41. The molecule has 3 aromatic heterocycles. The lowest BCUT2D eigenvalue weighted by Crippen LogP contribution is -2.21. The molecule has 1 atom stereocenters. The number of aromatic nitrogens is 2. The number of pyridine rings is 1. The molecule has 1 aliphatic rings. The highest BCUT2D eigenvalue weighted by molar-refractivity contribution is 5.82. The van der Waals surface area contributed by atoms with E-state index in [1.54, 1.807) is 0 Å². The highest BCUT2D eigenvalue weighted by Crippen LogP contribution is 2.34. The number of rotatable bonds is 1. The number of imidazole rings is 1. The molecule has 0 saturated carbocycles. The normalized spacial score (nSPS) is 16.9. The lowest BCUT2D eigenvalue weighted by Gasteiger charge is -2.16. The maximum atomic E-state index is 12.3. The second-order valence-corrected chi connectivity index (χ2v) is 6.91. The molecule has 134 valence electrons. The van der Waals surface area contributed by atoms with Gasteiger partial charge in [0.1, 0.15) is 11.2 Å². The van der Waals surface area contributed by atoms with Gasteiger partial charge in [0, 0.05) is 30.0 Å². The van der Waals surface area contributed by atoms with E-state index in [9.17, 15) is 9.59 Å². The molecular formula is C21H17N3O3. The van der Waals surface area contributed by atoms with Crippen molar-refractivity contribution >= 4 is 22.5 Å². The zero-order valence-corrected chi connectivity index (χ0v) is 14.7. The van der Waals surface area contributed by atoms with Gasteiger partial charge in [-0.3, -0.25) is 4.79 Å². The lowest BCUT2D eigenvalue weighted by molar-refractivity contribution is -0.121. The van der Waals surface area contributed by atoms with Gasteiger partial charge in [-0.1, -0.05) is 18.2 Å². The van der Waals surface area contributed by atoms with E-state index in [0.717, 1.165) is 33.5 Å². The van der Waals surface area contributed by atoms with Crippen molar-refractivity contribution in [1.82, 2.24) is 14.7 Å². The summed E-state index contributed by atoms with van der Waals surface area (Å²) in [5.41, 5.74) is 4.69. The topological polar surface area (TPSA) is 76.6 Å². The Balaban J connectivity index is 1.75. The first kappa shape index (κ1) is 15.8. The number of hydrogen-bond acceptors (Lipinski definition) is 4.